The van der Waals surface area contributed by atoms with Gasteiger partial charge in [0.25, 0.3) is 0 Å². The van der Waals surface area contributed by atoms with E-state index in [-0.39, 0.29) is 65.0 Å². The number of hydrogen-bond donors (Lipinski definition) is 0. The second-order valence-corrected chi connectivity index (χ2v) is 50.6. The maximum absolute atomic E-state index is 2.34. The molecule has 138 heavy (non-hydrogen) atoms. The largest absolute Gasteiger partial charge is 0.0619 e. The molecule has 15 aromatic rings. The molecule has 720 valence electrons. The molecule has 0 aromatic heterocycles. The molecule has 15 aromatic carbocycles. The molecule has 0 saturated heterocycles. The van der Waals surface area contributed by atoms with Crippen molar-refractivity contribution in [1.29, 1.82) is 0 Å². The van der Waals surface area contributed by atoms with Crippen LogP contribution in [-0.4, -0.2) is 0 Å². The Balaban J connectivity index is 0.000000172. The average Bonchev–Trinajstić information content (AvgIpc) is 0.809. The van der Waals surface area contributed by atoms with Gasteiger partial charge in [-0.25, -0.2) is 0 Å². The third-order valence-electron chi connectivity index (χ3n) is 26.5. The first-order valence-electron chi connectivity index (χ1n) is 50.6. The Kier molecular flexibility index (Phi) is 34.4. The first kappa shape index (κ1) is 108. The Morgan fingerprint density at radius 1 is 0.0942 bits per heavy atom. The van der Waals surface area contributed by atoms with Crippen LogP contribution in [0.5, 0.6) is 0 Å². The first-order chi connectivity index (χ1) is 64.0. The SMILES string of the molecule is CC(C)(C)c1ccc(-c2ccc(-c3ccc(C(C)(C)C)cc3)cc2)cc1.CC(C)(C)c1ccc(-c2ccc(-c3ccccc3C(C)(C)C)cc2)cc1.CC(C)(C)c1ccc(-c2ccc(C(C)(C)C)cc2)cc1.CC(C)(C)c1ccc(-c2cccc(-c3cccc(C(C)(C)C)c3)c2)cc1.CC(C)(C)c1ccc(-c2ccccc2C(C)(C)C)cc1.CC(C)(C)c1cccc(-c2ccccc2C(C)(C)C)c1. The van der Waals surface area contributed by atoms with Crippen molar-refractivity contribution in [2.75, 3.05) is 0 Å². The highest BCUT2D eigenvalue weighted by Gasteiger charge is 2.26. The van der Waals surface area contributed by atoms with Crippen LogP contribution in [0.2, 0.25) is 0 Å². The van der Waals surface area contributed by atoms with E-state index < -0.39 is 0 Å². The highest BCUT2D eigenvalue weighted by molar-refractivity contribution is 5.78. The summed E-state index contributed by atoms with van der Waals surface area (Å²) in [7, 11) is 0. The van der Waals surface area contributed by atoms with Crippen molar-refractivity contribution in [3.63, 3.8) is 0 Å². The molecule has 0 heterocycles. The van der Waals surface area contributed by atoms with Gasteiger partial charge in [-0.3, -0.25) is 0 Å². The van der Waals surface area contributed by atoms with E-state index >= 15 is 0 Å². The van der Waals surface area contributed by atoms with Crippen LogP contribution in [0.25, 0.3) is 100 Å². The summed E-state index contributed by atoms with van der Waals surface area (Å²) >= 11 is 0. The van der Waals surface area contributed by atoms with Gasteiger partial charge in [0.1, 0.15) is 0 Å². The lowest BCUT2D eigenvalue weighted by Gasteiger charge is -2.24. The molecule has 0 spiro atoms. The number of benzene rings is 15. The molecule has 0 aliphatic heterocycles. The second-order valence-electron chi connectivity index (χ2n) is 50.6. The van der Waals surface area contributed by atoms with E-state index in [1.54, 1.807) is 0 Å². The second kappa shape index (κ2) is 43.8. The van der Waals surface area contributed by atoms with Crippen molar-refractivity contribution >= 4 is 0 Å². The molecule has 0 fully saturated rings. The highest BCUT2D eigenvalue weighted by atomic mass is 14.3. The molecule has 0 unspecified atom stereocenters. The molecule has 0 amide bonds. The molecular weight excluding hydrogens is 1660 g/mol. The summed E-state index contributed by atoms with van der Waals surface area (Å²) in [6, 6.07) is 134. The van der Waals surface area contributed by atoms with Crippen molar-refractivity contribution in [2.24, 2.45) is 0 Å². The van der Waals surface area contributed by atoms with Crippen LogP contribution < -0.4 is 0 Å². The Bertz CT molecular complexity index is 6240. The highest BCUT2D eigenvalue weighted by Crippen LogP contribution is 2.42. The molecule has 0 atom stereocenters. The van der Waals surface area contributed by atoms with Crippen molar-refractivity contribution in [3.05, 3.63) is 431 Å². The average molecular weight is 1830 g/mol. The molecule has 0 heteroatoms. The van der Waals surface area contributed by atoms with Gasteiger partial charge in [0.05, 0.1) is 0 Å². The van der Waals surface area contributed by atoms with Crippen molar-refractivity contribution in [1.82, 2.24) is 0 Å². The van der Waals surface area contributed by atoms with E-state index in [9.17, 15) is 0 Å². The van der Waals surface area contributed by atoms with Crippen LogP contribution in [-0.2, 0) is 65.0 Å². The topological polar surface area (TPSA) is 0 Å². The van der Waals surface area contributed by atoms with Gasteiger partial charge in [-0.15, -0.1) is 0 Å². The van der Waals surface area contributed by atoms with Crippen LogP contribution in [0.1, 0.15) is 316 Å². The minimum Gasteiger partial charge on any atom is -0.0619 e. The maximum atomic E-state index is 2.34. The molecule has 15 rings (SSSR count). The molecule has 0 N–H and O–H groups in total. The van der Waals surface area contributed by atoms with E-state index in [0.717, 1.165) is 0 Å². The van der Waals surface area contributed by atoms with E-state index in [4.69, 9.17) is 0 Å². The van der Waals surface area contributed by atoms with E-state index in [1.807, 2.05) is 0 Å². The Labute approximate surface area is 839 Å². The maximum Gasteiger partial charge on any atom is -0.0126 e. The fourth-order valence-corrected chi connectivity index (χ4v) is 17.2. The van der Waals surface area contributed by atoms with Crippen LogP contribution in [0.4, 0.5) is 0 Å². The zero-order valence-electron chi connectivity index (χ0n) is 91.6. The number of hydrogen-bond acceptors (Lipinski definition) is 0. The Hall–Kier alpha value is -11.7. The van der Waals surface area contributed by atoms with Gasteiger partial charge in [-0.2, -0.15) is 0 Å². The third-order valence-corrected chi connectivity index (χ3v) is 26.5. The van der Waals surface area contributed by atoms with Gasteiger partial charge in [0.15, 0.2) is 0 Å². The van der Waals surface area contributed by atoms with Crippen LogP contribution in [0.15, 0.2) is 364 Å². The molecule has 0 saturated carbocycles. The minimum atomic E-state index is 0.137. The lowest BCUT2D eigenvalue weighted by Crippen LogP contribution is -2.13. The van der Waals surface area contributed by atoms with E-state index in [0.29, 0.717) is 0 Å². The fourth-order valence-electron chi connectivity index (χ4n) is 17.2. The van der Waals surface area contributed by atoms with E-state index in [2.05, 4.69) is 613 Å². The zero-order valence-corrected chi connectivity index (χ0v) is 91.6. The van der Waals surface area contributed by atoms with Gasteiger partial charge in [-0.05, 0) is 238 Å². The predicted molar refractivity (Wildman–Crippen MR) is 612 cm³/mol. The van der Waals surface area contributed by atoms with Gasteiger partial charge < -0.3 is 0 Å². The normalized spacial score (nSPS) is 12.3. The van der Waals surface area contributed by atoms with Crippen molar-refractivity contribution < 1.29 is 0 Å². The minimum absolute atomic E-state index is 0.137. The lowest BCUT2D eigenvalue weighted by molar-refractivity contribution is 0.588. The van der Waals surface area contributed by atoms with Crippen molar-refractivity contribution in [3.8, 4) is 100 Å². The molecule has 0 nitrogen and oxygen atoms in total. The Morgan fingerprint density at radius 3 is 0.449 bits per heavy atom. The standard InChI is InChI=1S/3C26H30.3C20H26/c1-25(2,3)23-15-11-21(12-16-23)19-7-9-20(10-8-19)22-13-17-24(18-14-22)26(4,5)6;1-25(2,3)23-15-13-19(14-16-23)20-9-7-10-21(17-20)22-11-8-12-24(18-22)26(4,5)6;1-25(2,3)22-17-15-20(16-18-22)19-11-13-21(14-12-19)23-9-7-8-10-24(23)26(4,5)6;1-19(2,3)17-11-7-15(8-12-17)16-9-13-18(14-10-16)20(4,5)6;1-19(2,3)16-11-9-10-15(14-16)17-12-7-8-13-18(17)20(4,5)6;1-19(2,3)16-13-11-15(12-14-16)17-9-7-8-10-18(17)20(4,5)6/h3*7-18H,1-6H3;3*7-14H,1-6H3. The predicted octanol–water partition coefficient (Wildman–Crippen LogP) is 40.7. The summed E-state index contributed by atoms with van der Waals surface area (Å²) in [4.78, 5) is 0. The summed E-state index contributed by atoms with van der Waals surface area (Å²) in [5.74, 6) is 0. The van der Waals surface area contributed by atoms with Crippen molar-refractivity contribution in [2.45, 2.75) is 314 Å². The van der Waals surface area contributed by atoms with Gasteiger partial charge in [0, 0.05) is 0 Å². The summed E-state index contributed by atoms with van der Waals surface area (Å²) < 4.78 is 0. The van der Waals surface area contributed by atoms with Crippen LogP contribution in [0, 0.1) is 0 Å². The lowest BCUT2D eigenvalue weighted by atomic mass is 9.80. The van der Waals surface area contributed by atoms with Crippen LogP contribution in [0.3, 0.4) is 0 Å². The summed E-state index contributed by atoms with van der Waals surface area (Å²) in [5.41, 5.74) is 42.1. The summed E-state index contributed by atoms with van der Waals surface area (Å²) in [5, 5.41) is 0. The van der Waals surface area contributed by atoms with Gasteiger partial charge in [-0.1, -0.05) is 607 Å². The van der Waals surface area contributed by atoms with E-state index in [1.165, 1.54) is 167 Å². The molecular formula is C138H168. The summed E-state index contributed by atoms with van der Waals surface area (Å²) in [6.07, 6.45) is 0. The van der Waals surface area contributed by atoms with Gasteiger partial charge >= 0.3 is 0 Å². The quantitative estimate of drug-likeness (QED) is 0.135. The molecule has 0 bridgehead atoms. The summed E-state index contributed by atoms with van der Waals surface area (Å²) in [6.45, 7) is 81.4. The smallest absolute Gasteiger partial charge is 0.0126 e. The zero-order chi connectivity index (χ0) is 102. The monoisotopic (exact) mass is 1830 g/mol. The molecule has 0 aliphatic carbocycles. The first-order valence-corrected chi connectivity index (χ1v) is 50.6. The third kappa shape index (κ3) is 30.4. The van der Waals surface area contributed by atoms with Crippen LogP contribution >= 0.6 is 0 Å². The number of rotatable bonds is 9. The molecule has 0 radical (unpaired) electrons. The van der Waals surface area contributed by atoms with Gasteiger partial charge in [0.2, 0.25) is 0 Å². The fraction of sp³-hybridized carbons (Fsp3) is 0.348. The molecule has 0 aliphatic rings. The Morgan fingerprint density at radius 2 is 0.239 bits per heavy atom.